The van der Waals surface area contributed by atoms with Crippen LogP contribution in [0.25, 0.3) is 0 Å². The van der Waals surface area contributed by atoms with E-state index in [1.165, 1.54) is 11.1 Å². The Morgan fingerprint density at radius 3 is 2.40 bits per heavy atom. The fourth-order valence-corrected chi connectivity index (χ4v) is 5.95. The van der Waals surface area contributed by atoms with Gasteiger partial charge in [-0.3, -0.25) is 0 Å². The SMILES string of the molecule is CC1(c2ccccc2)CC2=CC(C)(C(CO[N+](=O)[O-])O[N+](=O)[O-])CC(CCN)(C2)C1. The number of rotatable bonds is 9. The van der Waals surface area contributed by atoms with Crippen molar-refractivity contribution in [2.75, 3.05) is 13.2 Å². The van der Waals surface area contributed by atoms with Crippen molar-refractivity contribution in [1.82, 2.24) is 0 Å². The van der Waals surface area contributed by atoms with Crippen LogP contribution in [0, 0.1) is 31.1 Å². The molecular formula is C21H29N3O6. The van der Waals surface area contributed by atoms with E-state index in [-0.39, 0.29) is 10.8 Å². The minimum Gasteiger partial charge on any atom is -0.330 e. The van der Waals surface area contributed by atoms with Gasteiger partial charge in [0.2, 0.25) is 0 Å². The third-order valence-corrected chi connectivity index (χ3v) is 6.70. The number of hydrogen-bond acceptors (Lipinski definition) is 7. The highest BCUT2D eigenvalue weighted by atomic mass is 17.0. The lowest BCUT2D eigenvalue weighted by molar-refractivity contribution is -0.793. The first-order valence-corrected chi connectivity index (χ1v) is 10.1. The molecule has 0 spiro atoms. The van der Waals surface area contributed by atoms with E-state index in [2.05, 4.69) is 23.9 Å². The molecule has 0 saturated heterocycles. The van der Waals surface area contributed by atoms with Gasteiger partial charge < -0.3 is 15.4 Å². The molecule has 1 saturated carbocycles. The quantitative estimate of drug-likeness (QED) is 0.367. The average molecular weight is 419 g/mol. The molecule has 0 heterocycles. The first-order chi connectivity index (χ1) is 14.1. The molecule has 4 unspecified atom stereocenters. The van der Waals surface area contributed by atoms with Crippen LogP contribution < -0.4 is 5.73 Å². The monoisotopic (exact) mass is 419 g/mol. The van der Waals surface area contributed by atoms with Gasteiger partial charge in [0.05, 0.1) is 0 Å². The van der Waals surface area contributed by atoms with E-state index in [9.17, 15) is 20.2 Å². The van der Waals surface area contributed by atoms with E-state index in [4.69, 9.17) is 10.6 Å². The number of allylic oxidation sites excluding steroid dienone is 1. The Bertz CT molecular complexity index is 831. The van der Waals surface area contributed by atoms with E-state index in [0.717, 1.165) is 25.7 Å². The van der Waals surface area contributed by atoms with Crippen LogP contribution in [0.15, 0.2) is 42.0 Å². The Labute approximate surface area is 175 Å². The van der Waals surface area contributed by atoms with Crippen molar-refractivity contribution in [2.24, 2.45) is 16.6 Å². The number of benzene rings is 1. The van der Waals surface area contributed by atoms with Crippen LogP contribution in [0.5, 0.6) is 0 Å². The third-order valence-electron chi connectivity index (χ3n) is 6.70. The van der Waals surface area contributed by atoms with Gasteiger partial charge in [-0.25, -0.2) is 0 Å². The van der Waals surface area contributed by atoms with Gasteiger partial charge in [0, 0.05) is 5.41 Å². The van der Waals surface area contributed by atoms with Crippen molar-refractivity contribution >= 4 is 0 Å². The Morgan fingerprint density at radius 2 is 1.80 bits per heavy atom. The average Bonchev–Trinajstić information content (AvgIpc) is 2.64. The fraction of sp³-hybridized carbons (Fsp3) is 0.619. The summed E-state index contributed by atoms with van der Waals surface area (Å²) in [7, 11) is 0. The Balaban J connectivity index is 1.99. The number of hydrogen-bond donors (Lipinski definition) is 1. The molecule has 4 atom stereocenters. The van der Waals surface area contributed by atoms with Crippen LogP contribution in [0.1, 0.15) is 51.5 Å². The molecule has 0 amide bonds. The second-order valence-corrected chi connectivity index (χ2v) is 9.32. The molecule has 2 N–H and O–H groups in total. The van der Waals surface area contributed by atoms with Crippen LogP contribution >= 0.6 is 0 Å². The molecule has 0 radical (unpaired) electrons. The third kappa shape index (κ3) is 4.56. The molecule has 164 valence electrons. The number of nitrogens with two attached hydrogens (primary N) is 1. The van der Waals surface area contributed by atoms with Gasteiger partial charge in [-0.15, -0.1) is 20.2 Å². The van der Waals surface area contributed by atoms with E-state index < -0.39 is 28.3 Å². The van der Waals surface area contributed by atoms with Crippen molar-refractivity contribution < 1.29 is 19.8 Å². The van der Waals surface area contributed by atoms with Gasteiger partial charge in [0.25, 0.3) is 10.2 Å². The largest absolute Gasteiger partial charge is 0.330 e. The zero-order valence-electron chi connectivity index (χ0n) is 17.4. The molecule has 2 aliphatic rings. The molecule has 1 fully saturated rings. The molecule has 30 heavy (non-hydrogen) atoms. The summed E-state index contributed by atoms with van der Waals surface area (Å²) in [5.74, 6) is 0. The highest BCUT2D eigenvalue weighted by molar-refractivity contribution is 5.34. The normalized spacial score (nSPS) is 31.4. The lowest BCUT2D eigenvalue weighted by Gasteiger charge is -2.55. The topological polar surface area (TPSA) is 131 Å². The van der Waals surface area contributed by atoms with Gasteiger partial charge in [-0.05, 0) is 55.0 Å². The second kappa shape index (κ2) is 8.22. The maximum atomic E-state index is 11.1. The van der Waals surface area contributed by atoms with E-state index >= 15 is 0 Å². The van der Waals surface area contributed by atoms with Crippen molar-refractivity contribution in [3.8, 4) is 0 Å². The van der Waals surface area contributed by atoms with Crippen molar-refractivity contribution in [3.05, 3.63) is 67.8 Å². The van der Waals surface area contributed by atoms with E-state index in [1.807, 2.05) is 31.2 Å². The summed E-state index contributed by atoms with van der Waals surface area (Å²) in [5.41, 5.74) is 7.43. The van der Waals surface area contributed by atoms with Crippen LogP contribution in [0.3, 0.4) is 0 Å². The van der Waals surface area contributed by atoms with Crippen LogP contribution in [0.2, 0.25) is 0 Å². The summed E-state index contributed by atoms with van der Waals surface area (Å²) in [5, 5.41) is 20.0. The Kier molecular flexibility index (Phi) is 6.03. The Morgan fingerprint density at radius 1 is 1.10 bits per heavy atom. The van der Waals surface area contributed by atoms with Gasteiger partial charge in [0.15, 0.2) is 0 Å². The van der Waals surface area contributed by atoms with Crippen LogP contribution in [-0.2, 0) is 15.1 Å². The maximum Gasteiger partial charge on any atom is 0.294 e. The summed E-state index contributed by atoms with van der Waals surface area (Å²) in [4.78, 5) is 31.2. The first kappa shape index (κ1) is 22.0. The minimum absolute atomic E-state index is 0.0708. The number of nitrogens with zero attached hydrogens (tertiary/aromatic N) is 2. The predicted molar refractivity (Wildman–Crippen MR) is 109 cm³/mol. The van der Waals surface area contributed by atoms with Gasteiger partial charge in [-0.1, -0.05) is 55.8 Å². The maximum absolute atomic E-state index is 11.1. The molecule has 1 aromatic carbocycles. The Hall–Kier alpha value is -2.68. The van der Waals surface area contributed by atoms with Gasteiger partial charge in [-0.2, -0.15) is 0 Å². The van der Waals surface area contributed by atoms with Crippen LogP contribution in [0.4, 0.5) is 0 Å². The lowest BCUT2D eigenvalue weighted by Crippen LogP contribution is -2.50. The van der Waals surface area contributed by atoms with Gasteiger partial charge >= 0.3 is 0 Å². The van der Waals surface area contributed by atoms with E-state index in [0.29, 0.717) is 13.0 Å². The highest BCUT2D eigenvalue weighted by Crippen LogP contribution is 2.60. The predicted octanol–water partition coefficient (Wildman–Crippen LogP) is 3.59. The molecule has 9 nitrogen and oxygen atoms in total. The van der Waals surface area contributed by atoms with Crippen molar-refractivity contribution in [3.63, 3.8) is 0 Å². The molecular weight excluding hydrogens is 390 g/mol. The molecule has 0 aliphatic heterocycles. The molecule has 2 bridgehead atoms. The zero-order chi connectivity index (χ0) is 22.0. The van der Waals surface area contributed by atoms with Crippen molar-refractivity contribution in [1.29, 1.82) is 0 Å². The number of fused-ring (bicyclic) bond motifs is 2. The molecule has 0 aromatic heterocycles. The zero-order valence-corrected chi connectivity index (χ0v) is 17.4. The standard InChI is InChI=1S/C21H29N3O6/c1-19(17-6-4-3-5-7-17)10-16-11-20(2,15-21(12-16,14-19)8-9-22)18(30-24(27)28)13-29-23(25)26/h3-7,11,18H,8-10,12-15,22H2,1-2H3. The summed E-state index contributed by atoms with van der Waals surface area (Å²) >= 11 is 0. The summed E-state index contributed by atoms with van der Waals surface area (Å²) in [6.07, 6.45) is 4.89. The fourth-order valence-electron chi connectivity index (χ4n) is 5.95. The lowest BCUT2D eigenvalue weighted by atomic mass is 9.50. The molecule has 2 aliphatic carbocycles. The summed E-state index contributed by atoms with van der Waals surface area (Å²) < 4.78 is 0. The minimum atomic E-state index is -1.08. The van der Waals surface area contributed by atoms with E-state index in [1.54, 1.807) is 0 Å². The smallest absolute Gasteiger partial charge is 0.294 e. The summed E-state index contributed by atoms with van der Waals surface area (Å²) in [6.45, 7) is 4.12. The van der Waals surface area contributed by atoms with Crippen LogP contribution in [-0.4, -0.2) is 29.4 Å². The molecule has 1 aromatic rings. The summed E-state index contributed by atoms with van der Waals surface area (Å²) in [6, 6.07) is 10.3. The molecule has 3 rings (SSSR count). The molecule has 9 heteroatoms. The van der Waals surface area contributed by atoms with Crippen molar-refractivity contribution in [2.45, 2.75) is 57.5 Å². The first-order valence-electron chi connectivity index (χ1n) is 10.1. The highest BCUT2D eigenvalue weighted by Gasteiger charge is 2.53. The second-order valence-electron chi connectivity index (χ2n) is 9.32. The van der Waals surface area contributed by atoms with Gasteiger partial charge in [0.1, 0.15) is 12.7 Å².